The van der Waals surface area contributed by atoms with Crippen molar-refractivity contribution in [3.05, 3.63) is 42.7 Å². The van der Waals surface area contributed by atoms with E-state index in [4.69, 9.17) is 9.47 Å². The first-order chi connectivity index (χ1) is 14.5. The van der Waals surface area contributed by atoms with E-state index in [2.05, 4.69) is 35.6 Å². The Morgan fingerprint density at radius 2 is 1.60 bits per heavy atom. The molecule has 0 atom stereocenters. The zero-order valence-corrected chi connectivity index (χ0v) is 15.0. The predicted molar refractivity (Wildman–Crippen MR) is 99.6 cm³/mol. The lowest BCUT2D eigenvalue weighted by Gasteiger charge is -2.25. The number of hydrogen-bond donors (Lipinski definition) is 3. The number of benzene rings is 2. The molecule has 0 saturated carbocycles. The third kappa shape index (κ3) is 3.34. The van der Waals surface area contributed by atoms with Gasteiger partial charge in [-0.05, 0) is 30.3 Å². The van der Waals surface area contributed by atoms with Crippen molar-refractivity contribution in [3.63, 3.8) is 0 Å². The highest BCUT2D eigenvalue weighted by Gasteiger charge is 2.46. The van der Waals surface area contributed by atoms with Gasteiger partial charge in [0.25, 0.3) is 0 Å². The van der Waals surface area contributed by atoms with Crippen LogP contribution in [0, 0.1) is 0 Å². The van der Waals surface area contributed by atoms with Crippen molar-refractivity contribution in [3.8, 4) is 17.2 Å². The van der Waals surface area contributed by atoms with Crippen LogP contribution in [0.15, 0.2) is 42.7 Å². The quantitative estimate of drug-likeness (QED) is 0.592. The highest BCUT2D eigenvalue weighted by atomic mass is 19.3. The Hall–Kier alpha value is -4.22. The molecule has 10 nitrogen and oxygen atoms in total. The average Bonchev–Trinajstić information content (AvgIpc) is 3.17. The molecule has 0 fully saturated rings. The maximum Gasteiger partial charge on any atom is 0.482 e. The maximum absolute atomic E-state index is 13.3. The van der Waals surface area contributed by atoms with E-state index < -0.39 is 12.0 Å². The van der Waals surface area contributed by atoms with Gasteiger partial charge in [0.1, 0.15) is 6.33 Å². The van der Waals surface area contributed by atoms with Gasteiger partial charge < -0.3 is 30.2 Å². The monoisotopic (exact) mass is 414 g/mol. The van der Waals surface area contributed by atoms with Gasteiger partial charge in [-0.1, -0.05) is 0 Å². The molecule has 3 heterocycles. The van der Waals surface area contributed by atoms with Crippen LogP contribution < -0.4 is 30.2 Å². The smallest absolute Gasteiger partial charge is 0.454 e. The van der Waals surface area contributed by atoms with E-state index in [1.165, 1.54) is 24.5 Å². The fraction of sp³-hybridized carbons (Fsp3) is 0.111. The molecule has 0 spiro atoms. The third-order valence-corrected chi connectivity index (χ3v) is 4.19. The van der Waals surface area contributed by atoms with Crippen LogP contribution >= 0.6 is 0 Å². The van der Waals surface area contributed by atoms with Crippen LogP contribution in [-0.2, 0) is 4.79 Å². The number of nitrogens with zero attached hydrogens (tertiary/aromatic N) is 3. The molecule has 2 aromatic carbocycles. The molecule has 0 saturated heterocycles. The summed E-state index contributed by atoms with van der Waals surface area (Å²) in [5.74, 6) is 0.0340. The van der Waals surface area contributed by atoms with E-state index in [1.807, 2.05) is 0 Å². The van der Waals surface area contributed by atoms with Crippen LogP contribution in [0.4, 0.5) is 37.7 Å². The molecule has 30 heavy (non-hydrogen) atoms. The molecule has 0 aliphatic carbocycles. The molecule has 3 N–H and O–H groups in total. The number of hydrogen-bond acceptors (Lipinski definition) is 9. The number of halogens is 2. The summed E-state index contributed by atoms with van der Waals surface area (Å²) in [5, 5.41) is 8.04. The molecular formula is C18H12F2N6O4. The van der Waals surface area contributed by atoms with Crippen LogP contribution in [0.25, 0.3) is 0 Å². The SMILES string of the molecule is O=C1Nc2cc(Nc3ncnc(Nc4ccc5c(c4)OCO5)n3)ccc2OC1(F)F. The molecule has 2 aliphatic heterocycles. The zero-order chi connectivity index (χ0) is 20.7. The molecular weight excluding hydrogens is 402 g/mol. The minimum Gasteiger partial charge on any atom is -0.454 e. The van der Waals surface area contributed by atoms with E-state index in [1.54, 1.807) is 18.2 Å². The lowest BCUT2D eigenvalue weighted by atomic mass is 10.2. The Morgan fingerprint density at radius 1 is 0.933 bits per heavy atom. The number of fused-ring (bicyclic) bond motifs is 2. The highest BCUT2D eigenvalue weighted by Crippen LogP contribution is 2.37. The van der Waals surface area contributed by atoms with Crippen LogP contribution in [0.2, 0.25) is 0 Å². The summed E-state index contributed by atoms with van der Waals surface area (Å²) in [5.41, 5.74) is 1.23. The highest BCUT2D eigenvalue weighted by molar-refractivity contribution is 5.99. The molecule has 152 valence electrons. The maximum atomic E-state index is 13.3. The minimum absolute atomic E-state index is 0.101. The number of nitrogens with one attached hydrogen (secondary N) is 3. The van der Waals surface area contributed by atoms with Crippen molar-refractivity contribution in [1.82, 2.24) is 15.0 Å². The predicted octanol–water partition coefficient (Wildman–Crippen LogP) is 3.01. The fourth-order valence-electron chi connectivity index (χ4n) is 2.82. The molecule has 0 bridgehead atoms. The largest absolute Gasteiger partial charge is 0.482 e. The third-order valence-electron chi connectivity index (χ3n) is 4.19. The first-order valence-corrected chi connectivity index (χ1v) is 8.61. The number of carbonyl (C=O) groups is 1. The number of aromatic nitrogens is 3. The van der Waals surface area contributed by atoms with Gasteiger partial charge in [0.2, 0.25) is 18.7 Å². The molecule has 1 aromatic heterocycles. The van der Waals surface area contributed by atoms with Crippen molar-refractivity contribution in [2.45, 2.75) is 6.11 Å². The summed E-state index contributed by atoms with van der Waals surface area (Å²) >= 11 is 0. The number of ether oxygens (including phenoxy) is 3. The van der Waals surface area contributed by atoms with Gasteiger partial charge in [-0.25, -0.2) is 9.97 Å². The summed E-state index contributed by atoms with van der Waals surface area (Å²) < 4.78 is 41.7. The molecule has 0 radical (unpaired) electrons. The minimum atomic E-state index is -3.91. The van der Waals surface area contributed by atoms with Gasteiger partial charge in [-0.2, -0.15) is 13.8 Å². The molecule has 0 unspecified atom stereocenters. The van der Waals surface area contributed by atoms with E-state index in [9.17, 15) is 13.6 Å². The number of alkyl halides is 2. The Balaban J connectivity index is 1.33. The topological polar surface area (TPSA) is 120 Å². The second kappa shape index (κ2) is 6.69. The summed E-state index contributed by atoms with van der Waals surface area (Å²) in [4.78, 5) is 23.7. The van der Waals surface area contributed by atoms with E-state index in [0.29, 0.717) is 22.9 Å². The van der Waals surface area contributed by atoms with Crippen molar-refractivity contribution >= 4 is 34.9 Å². The molecule has 3 aromatic rings. The van der Waals surface area contributed by atoms with Gasteiger partial charge in [0.05, 0.1) is 5.69 Å². The first kappa shape index (κ1) is 17.8. The van der Waals surface area contributed by atoms with Gasteiger partial charge in [0.15, 0.2) is 17.2 Å². The summed E-state index contributed by atoms with van der Waals surface area (Å²) in [6.45, 7) is 0.169. The summed E-state index contributed by atoms with van der Waals surface area (Å²) in [6, 6.07) is 9.52. The van der Waals surface area contributed by atoms with Crippen molar-refractivity contribution < 1.29 is 27.8 Å². The number of rotatable bonds is 4. The number of amides is 1. The Kier molecular flexibility index (Phi) is 3.98. The fourth-order valence-corrected chi connectivity index (χ4v) is 2.82. The lowest BCUT2D eigenvalue weighted by molar-refractivity contribution is -0.189. The van der Waals surface area contributed by atoms with E-state index >= 15 is 0 Å². The molecule has 5 rings (SSSR count). The van der Waals surface area contributed by atoms with Crippen molar-refractivity contribution in [2.75, 3.05) is 22.7 Å². The number of anilines is 5. The van der Waals surface area contributed by atoms with Gasteiger partial charge in [-0.15, -0.1) is 0 Å². The van der Waals surface area contributed by atoms with Crippen molar-refractivity contribution in [2.24, 2.45) is 0 Å². The van der Waals surface area contributed by atoms with E-state index in [-0.39, 0.29) is 30.1 Å². The van der Waals surface area contributed by atoms with Crippen LogP contribution in [0.1, 0.15) is 0 Å². The second-order valence-corrected chi connectivity index (χ2v) is 6.23. The molecule has 1 amide bonds. The zero-order valence-electron chi connectivity index (χ0n) is 15.0. The Bertz CT molecular complexity index is 1160. The molecule has 12 heteroatoms. The standard InChI is InChI=1S/C18H12F2N6O4/c19-18(20)15(27)25-11-5-9(1-3-12(11)30-18)23-16-21-7-22-17(26-16)24-10-2-4-13-14(6-10)29-8-28-13/h1-7H,8H2,(H,25,27)(H2,21,22,23,24,26). The normalized spacial score (nSPS) is 15.6. The van der Waals surface area contributed by atoms with Gasteiger partial charge >= 0.3 is 12.0 Å². The molecule has 2 aliphatic rings. The Morgan fingerprint density at radius 3 is 2.37 bits per heavy atom. The van der Waals surface area contributed by atoms with Crippen LogP contribution in [0.3, 0.4) is 0 Å². The van der Waals surface area contributed by atoms with Crippen LogP contribution in [-0.4, -0.2) is 33.8 Å². The Labute approximate surface area is 167 Å². The van der Waals surface area contributed by atoms with Crippen molar-refractivity contribution in [1.29, 1.82) is 0 Å². The summed E-state index contributed by atoms with van der Waals surface area (Å²) in [6.07, 6.45) is -2.61. The number of carbonyl (C=O) groups excluding carboxylic acids is 1. The first-order valence-electron chi connectivity index (χ1n) is 8.61. The second-order valence-electron chi connectivity index (χ2n) is 6.23. The van der Waals surface area contributed by atoms with Gasteiger partial charge in [-0.3, -0.25) is 4.79 Å². The summed E-state index contributed by atoms with van der Waals surface area (Å²) in [7, 11) is 0. The lowest BCUT2D eigenvalue weighted by Crippen LogP contribution is -2.43. The average molecular weight is 414 g/mol. The van der Waals surface area contributed by atoms with Gasteiger partial charge in [0, 0.05) is 17.4 Å². The van der Waals surface area contributed by atoms with Crippen LogP contribution in [0.5, 0.6) is 17.2 Å². The van der Waals surface area contributed by atoms with E-state index in [0.717, 1.165) is 0 Å².